The van der Waals surface area contributed by atoms with Crippen LogP contribution in [0.25, 0.3) is 0 Å². The van der Waals surface area contributed by atoms with Gasteiger partial charge in [-0.3, -0.25) is 0 Å². The molecule has 3 heteroatoms. The van der Waals surface area contributed by atoms with Gasteiger partial charge in [0, 0.05) is 13.7 Å². The second-order valence-corrected chi connectivity index (χ2v) is 3.27. The van der Waals surface area contributed by atoms with Crippen LogP contribution in [0, 0.1) is 0 Å². The average Bonchev–Trinajstić information content (AvgIpc) is 2.34. The van der Waals surface area contributed by atoms with Gasteiger partial charge in [-0.05, 0) is 12.7 Å². The van der Waals surface area contributed by atoms with Crippen molar-refractivity contribution < 1.29 is 4.74 Å². The molecule has 1 fully saturated rings. The molecule has 2 atom stereocenters. The van der Waals surface area contributed by atoms with Crippen molar-refractivity contribution in [3.05, 3.63) is 0 Å². The van der Waals surface area contributed by atoms with Crippen molar-refractivity contribution in [1.82, 2.24) is 5.32 Å². The van der Waals surface area contributed by atoms with Crippen LogP contribution < -0.4 is 5.32 Å². The van der Waals surface area contributed by atoms with Gasteiger partial charge in [-0.25, -0.2) is 0 Å². The minimum atomic E-state index is 0.447. The Hall–Kier alpha value is 0.270. The quantitative estimate of drug-likeness (QED) is 0.620. The number of hydrogen-bond donors (Lipinski definition) is 1. The molecule has 0 aromatic carbocycles. The fourth-order valence-corrected chi connectivity index (χ4v) is 1.70. The Kier molecular flexibility index (Phi) is 2.82. The van der Waals surface area contributed by atoms with E-state index in [0.29, 0.717) is 11.5 Å². The first kappa shape index (κ1) is 7.38. The Bertz CT molecular complexity index is 79.1. The number of nitrogens with one attached hydrogen (secondary N) is 1. The van der Waals surface area contributed by atoms with E-state index in [9.17, 15) is 0 Å². The number of hydrogen-bond acceptors (Lipinski definition) is 3. The van der Waals surface area contributed by atoms with Crippen molar-refractivity contribution in [2.45, 2.75) is 17.9 Å². The summed E-state index contributed by atoms with van der Waals surface area (Å²) in [5.74, 6) is 0. The monoisotopic (exact) mass is 147 g/mol. The van der Waals surface area contributed by atoms with Gasteiger partial charge in [0.25, 0.3) is 0 Å². The first-order valence-corrected chi connectivity index (χ1v) is 4.44. The van der Waals surface area contributed by atoms with Gasteiger partial charge in [0.2, 0.25) is 0 Å². The van der Waals surface area contributed by atoms with Gasteiger partial charge < -0.3 is 10.1 Å². The van der Waals surface area contributed by atoms with Crippen molar-refractivity contribution in [3.63, 3.8) is 0 Å². The molecule has 0 radical (unpaired) electrons. The van der Waals surface area contributed by atoms with E-state index in [1.165, 1.54) is 0 Å². The van der Waals surface area contributed by atoms with Crippen LogP contribution in [0.2, 0.25) is 0 Å². The van der Waals surface area contributed by atoms with E-state index in [-0.39, 0.29) is 0 Å². The summed E-state index contributed by atoms with van der Waals surface area (Å²) in [5, 5.41) is 3.97. The summed E-state index contributed by atoms with van der Waals surface area (Å²) in [5.41, 5.74) is 0. The molecule has 1 rings (SSSR count). The molecule has 0 amide bonds. The predicted molar refractivity (Wildman–Crippen MR) is 40.7 cm³/mol. The molecule has 2 nitrogen and oxygen atoms in total. The summed E-state index contributed by atoms with van der Waals surface area (Å²) in [6, 6.07) is 0. The van der Waals surface area contributed by atoms with Gasteiger partial charge in [0.1, 0.15) is 0 Å². The van der Waals surface area contributed by atoms with Gasteiger partial charge in [-0.1, -0.05) is 0 Å². The van der Waals surface area contributed by atoms with Crippen LogP contribution in [0.1, 0.15) is 6.42 Å². The summed E-state index contributed by atoms with van der Waals surface area (Å²) in [4.78, 5) is 0. The van der Waals surface area contributed by atoms with Crippen molar-refractivity contribution in [2.75, 3.05) is 19.9 Å². The van der Waals surface area contributed by atoms with Crippen LogP contribution in [-0.4, -0.2) is 31.4 Å². The summed E-state index contributed by atoms with van der Waals surface area (Å²) < 4.78 is 5.17. The lowest BCUT2D eigenvalue weighted by molar-refractivity contribution is 0.119. The summed E-state index contributed by atoms with van der Waals surface area (Å²) >= 11 is 1.86. The topological polar surface area (TPSA) is 21.3 Å². The Morgan fingerprint density at radius 2 is 2.44 bits per heavy atom. The summed E-state index contributed by atoms with van der Waals surface area (Å²) in [7, 11) is 1.77. The molecular formula is C6H13NOS. The molecule has 0 spiro atoms. The van der Waals surface area contributed by atoms with Crippen LogP contribution in [0.3, 0.4) is 0 Å². The maximum atomic E-state index is 5.17. The van der Waals surface area contributed by atoms with E-state index in [4.69, 9.17) is 4.74 Å². The van der Waals surface area contributed by atoms with Crippen LogP contribution >= 0.6 is 11.8 Å². The lowest BCUT2D eigenvalue weighted by atomic mass is 10.3. The third-order valence-corrected chi connectivity index (χ3v) is 2.60. The first-order valence-electron chi connectivity index (χ1n) is 3.15. The molecule has 0 saturated carbocycles. The lowest BCUT2D eigenvalue weighted by Gasteiger charge is -2.04. The lowest BCUT2D eigenvalue weighted by Crippen LogP contribution is -2.18. The molecular weight excluding hydrogens is 134 g/mol. The van der Waals surface area contributed by atoms with Gasteiger partial charge in [0.15, 0.2) is 0 Å². The van der Waals surface area contributed by atoms with Crippen LogP contribution in [0.15, 0.2) is 0 Å². The van der Waals surface area contributed by atoms with Gasteiger partial charge in [0.05, 0.1) is 11.5 Å². The molecule has 1 N–H and O–H groups in total. The molecule has 1 saturated heterocycles. The van der Waals surface area contributed by atoms with Gasteiger partial charge in [-0.15, -0.1) is 11.8 Å². The van der Waals surface area contributed by atoms with Crippen LogP contribution in [0.5, 0.6) is 0 Å². The SMILES string of the molecule is COC1CNC(SC)C1. The number of methoxy groups -OCH3 is 1. The third-order valence-electron chi connectivity index (χ3n) is 1.67. The fraction of sp³-hybridized carbons (Fsp3) is 1.00. The minimum absolute atomic E-state index is 0.447. The van der Waals surface area contributed by atoms with E-state index in [0.717, 1.165) is 13.0 Å². The molecule has 0 aliphatic carbocycles. The number of rotatable bonds is 2. The van der Waals surface area contributed by atoms with Crippen molar-refractivity contribution in [3.8, 4) is 0 Å². The largest absolute Gasteiger partial charge is 0.380 e. The van der Waals surface area contributed by atoms with E-state index >= 15 is 0 Å². The third kappa shape index (κ3) is 1.85. The van der Waals surface area contributed by atoms with Crippen molar-refractivity contribution in [2.24, 2.45) is 0 Å². The second-order valence-electron chi connectivity index (χ2n) is 2.23. The Morgan fingerprint density at radius 1 is 1.67 bits per heavy atom. The zero-order chi connectivity index (χ0) is 6.69. The van der Waals surface area contributed by atoms with Gasteiger partial charge in [-0.2, -0.15) is 0 Å². The maximum absolute atomic E-state index is 5.17. The molecule has 0 bridgehead atoms. The normalized spacial score (nSPS) is 35.3. The first-order chi connectivity index (χ1) is 4.36. The molecule has 54 valence electrons. The molecule has 1 heterocycles. The zero-order valence-electron chi connectivity index (χ0n) is 5.89. The van der Waals surface area contributed by atoms with Crippen LogP contribution in [-0.2, 0) is 4.74 Å². The minimum Gasteiger partial charge on any atom is -0.380 e. The molecule has 0 aromatic heterocycles. The highest BCUT2D eigenvalue weighted by Gasteiger charge is 2.21. The van der Waals surface area contributed by atoms with Gasteiger partial charge >= 0.3 is 0 Å². The highest BCUT2D eigenvalue weighted by molar-refractivity contribution is 7.99. The maximum Gasteiger partial charge on any atom is 0.0719 e. The highest BCUT2D eigenvalue weighted by atomic mass is 32.2. The smallest absolute Gasteiger partial charge is 0.0719 e. The zero-order valence-corrected chi connectivity index (χ0v) is 6.70. The fourth-order valence-electron chi connectivity index (χ4n) is 1.03. The van der Waals surface area contributed by atoms with E-state index in [1.807, 2.05) is 11.8 Å². The Morgan fingerprint density at radius 3 is 2.78 bits per heavy atom. The molecule has 0 aromatic rings. The van der Waals surface area contributed by atoms with E-state index < -0.39 is 0 Å². The van der Waals surface area contributed by atoms with E-state index in [1.54, 1.807) is 7.11 Å². The summed E-state index contributed by atoms with van der Waals surface area (Å²) in [6.07, 6.45) is 3.72. The van der Waals surface area contributed by atoms with Crippen LogP contribution in [0.4, 0.5) is 0 Å². The van der Waals surface area contributed by atoms with Crippen molar-refractivity contribution >= 4 is 11.8 Å². The molecule has 2 unspecified atom stereocenters. The number of thioether (sulfide) groups is 1. The molecule has 1 aliphatic rings. The van der Waals surface area contributed by atoms with Crippen molar-refractivity contribution in [1.29, 1.82) is 0 Å². The second kappa shape index (κ2) is 3.44. The number of ether oxygens (including phenoxy) is 1. The highest BCUT2D eigenvalue weighted by Crippen LogP contribution is 2.17. The molecule has 9 heavy (non-hydrogen) atoms. The average molecular weight is 147 g/mol. The molecule has 1 aliphatic heterocycles. The Labute approximate surface area is 60.3 Å². The Balaban J connectivity index is 2.20. The summed E-state index contributed by atoms with van der Waals surface area (Å²) in [6.45, 7) is 1.02. The standard InChI is InChI=1S/C6H13NOS/c1-8-5-3-6(9-2)7-4-5/h5-7H,3-4H2,1-2H3. The predicted octanol–water partition coefficient (Wildman–Crippen LogP) is 0.684. The van der Waals surface area contributed by atoms with E-state index in [2.05, 4.69) is 11.6 Å².